The lowest BCUT2D eigenvalue weighted by atomic mass is 9.78. The van der Waals surface area contributed by atoms with Gasteiger partial charge in [-0.25, -0.2) is 4.79 Å². The molecule has 1 fully saturated rings. The molecule has 1 saturated heterocycles. The average Bonchev–Trinajstić information content (AvgIpc) is 3.20. The van der Waals surface area contributed by atoms with Gasteiger partial charge in [0.25, 0.3) is 0 Å². The monoisotopic (exact) mass is 407 g/mol. The number of rotatable bonds is 5. The number of aliphatic hydroxyl groups is 1. The average molecular weight is 407 g/mol. The molecule has 7 heteroatoms. The Hall–Kier alpha value is -3.32. The fourth-order valence-electron chi connectivity index (χ4n) is 4.85. The van der Waals surface area contributed by atoms with Gasteiger partial charge in [-0.3, -0.25) is 4.79 Å². The standard InChI is InChI=1S/C23H21NO6/c1-11-14(21(23(27)28)24-20(11)18(12(2)25)22(24)26)10-29-16-8-5-9-17-19(16)13-6-3-4-7-15(13)30-17/h3-9,11-12,18,20,25H,10H2,1-2H3,(H,27,28)/t11-,12?,18?,20?/m0/s1. The first-order chi connectivity index (χ1) is 14.4. The Morgan fingerprint density at radius 2 is 1.93 bits per heavy atom. The third-order valence-corrected chi connectivity index (χ3v) is 6.27. The number of carboxylic acid groups (broad SMARTS) is 1. The third-order valence-electron chi connectivity index (χ3n) is 6.27. The third kappa shape index (κ3) is 2.48. The summed E-state index contributed by atoms with van der Waals surface area (Å²) < 4.78 is 12.0. The first-order valence-electron chi connectivity index (χ1n) is 9.90. The van der Waals surface area contributed by atoms with E-state index in [-0.39, 0.29) is 30.2 Å². The van der Waals surface area contributed by atoms with E-state index < -0.39 is 18.0 Å². The number of carbonyl (C=O) groups excluding carboxylic acids is 1. The minimum atomic E-state index is -1.16. The summed E-state index contributed by atoms with van der Waals surface area (Å²) in [5, 5.41) is 21.5. The smallest absolute Gasteiger partial charge is 0.352 e. The molecule has 0 spiro atoms. The summed E-state index contributed by atoms with van der Waals surface area (Å²) in [5.41, 5.74) is 1.96. The molecule has 7 nitrogen and oxygen atoms in total. The molecule has 3 unspecified atom stereocenters. The quantitative estimate of drug-likeness (QED) is 0.630. The molecule has 2 aliphatic rings. The number of aliphatic carboxylic acids is 1. The number of amides is 1. The van der Waals surface area contributed by atoms with Gasteiger partial charge in [0.05, 0.1) is 23.4 Å². The van der Waals surface area contributed by atoms with Crippen molar-refractivity contribution in [3.8, 4) is 5.75 Å². The van der Waals surface area contributed by atoms with Gasteiger partial charge in [-0.2, -0.15) is 0 Å². The number of carboxylic acids is 1. The molecule has 0 saturated carbocycles. The van der Waals surface area contributed by atoms with E-state index in [1.807, 2.05) is 49.4 Å². The molecule has 0 aliphatic carbocycles. The molecule has 30 heavy (non-hydrogen) atoms. The van der Waals surface area contributed by atoms with E-state index in [2.05, 4.69) is 0 Å². The molecule has 3 aromatic rings. The Balaban J connectivity index is 1.51. The van der Waals surface area contributed by atoms with Gasteiger partial charge < -0.3 is 24.3 Å². The van der Waals surface area contributed by atoms with Crippen molar-refractivity contribution in [1.82, 2.24) is 4.90 Å². The Morgan fingerprint density at radius 1 is 1.20 bits per heavy atom. The van der Waals surface area contributed by atoms with E-state index in [9.17, 15) is 19.8 Å². The van der Waals surface area contributed by atoms with Crippen LogP contribution in [0.4, 0.5) is 0 Å². The molecule has 154 valence electrons. The van der Waals surface area contributed by atoms with Crippen molar-refractivity contribution in [3.63, 3.8) is 0 Å². The summed E-state index contributed by atoms with van der Waals surface area (Å²) in [6.45, 7) is 3.47. The van der Waals surface area contributed by atoms with E-state index in [4.69, 9.17) is 9.15 Å². The van der Waals surface area contributed by atoms with Crippen molar-refractivity contribution in [1.29, 1.82) is 0 Å². The number of β-lactam (4-membered cyclic amide) rings is 1. The van der Waals surface area contributed by atoms with Crippen molar-refractivity contribution >= 4 is 33.8 Å². The Kier molecular flexibility index (Phi) is 4.11. The Morgan fingerprint density at radius 3 is 2.67 bits per heavy atom. The van der Waals surface area contributed by atoms with Crippen LogP contribution in [0.15, 0.2) is 58.2 Å². The van der Waals surface area contributed by atoms with Gasteiger partial charge in [-0.15, -0.1) is 0 Å². The highest BCUT2D eigenvalue weighted by Crippen LogP contribution is 2.47. The maximum atomic E-state index is 12.5. The molecular weight excluding hydrogens is 386 g/mol. The molecule has 3 heterocycles. The molecule has 5 rings (SSSR count). The lowest BCUT2D eigenvalue weighted by Gasteiger charge is -2.46. The van der Waals surface area contributed by atoms with E-state index in [0.29, 0.717) is 16.9 Å². The van der Waals surface area contributed by atoms with E-state index in [0.717, 1.165) is 16.4 Å². The van der Waals surface area contributed by atoms with Crippen molar-refractivity contribution in [2.75, 3.05) is 6.61 Å². The number of furan rings is 1. The van der Waals surface area contributed by atoms with Crippen LogP contribution in [0.1, 0.15) is 13.8 Å². The normalized spacial score (nSPS) is 24.3. The van der Waals surface area contributed by atoms with Crippen molar-refractivity contribution in [2.24, 2.45) is 11.8 Å². The lowest BCUT2D eigenvalue weighted by molar-refractivity contribution is -0.163. The first kappa shape index (κ1) is 18.7. The van der Waals surface area contributed by atoms with Crippen LogP contribution in [-0.4, -0.2) is 45.7 Å². The van der Waals surface area contributed by atoms with Crippen LogP contribution < -0.4 is 4.74 Å². The number of nitrogens with zero attached hydrogens (tertiary/aromatic N) is 1. The zero-order valence-electron chi connectivity index (χ0n) is 16.5. The molecule has 0 radical (unpaired) electrons. The van der Waals surface area contributed by atoms with Crippen LogP contribution in [0.25, 0.3) is 21.9 Å². The van der Waals surface area contributed by atoms with Crippen molar-refractivity contribution in [3.05, 3.63) is 53.7 Å². The number of ether oxygens (including phenoxy) is 1. The van der Waals surface area contributed by atoms with Crippen LogP contribution >= 0.6 is 0 Å². The van der Waals surface area contributed by atoms with E-state index in [1.165, 1.54) is 4.90 Å². The van der Waals surface area contributed by atoms with Crippen molar-refractivity contribution in [2.45, 2.75) is 26.0 Å². The molecule has 1 aromatic heterocycles. The van der Waals surface area contributed by atoms with Crippen LogP contribution in [-0.2, 0) is 9.59 Å². The second-order valence-corrected chi connectivity index (χ2v) is 7.95. The van der Waals surface area contributed by atoms with Crippen LogP contribution in [0.2, 0.25) is 0 Å². The number of benzene rings is 2. The van der Waals surface area contributed by atoms with Gasteiger partial charge in [-0.05, 0) is 25.1 Å². The second kappa shape index (κ2) is 6.60. The maximum absolute atomic E-state index is 12.5. The molecule has 0 bridgehead atoms. The number of hydrogen-bond donors (Lipinski definition) is 2. The Labute approximate surface area is 172 Å². The largest absolute Gasteiger partial charge is 0.488 e. The molecule has 2 aromatic carbocycles. The molecule has 4 atom stereocenters. The highest BCUT2D eigenvalue weighted by molar-refractivity contribution is 6.08. The fraction of sp³-hybridized carbons (Fsp3) is 0.304. The van der Waals surface area contributed by atoms with Crippen LogP contribution in [0.5, 0.6) is 5.75 Å². The number of hydrogen-bond acceptors (Lipinski definition) is 5. The highest BCUT2D eigenvalue weighted by Gasteiger charge is 2.59. The van der Waals surface area contributed by atoms with Gasteiger partial charge in [0.15, 0.2) is 0 Å². The molecular formula is C23H21NO6. The van der Waals surface area contributed by atoms with E-state index >= 15 is 0 Å². The van der Waals surface area contributed by atoms with Crippen LogP contribution in [0.3, 0.4) is 0 Å². The van der Waals surface area contributed by atoms with Gasteiger partial charge in [0.1, 0.15) is 29.2 Å². The van der Waals surface area contributed by atoms with Crippen molar-refractivity contribution < 1.29 is 29.0 Å². The van der Waals surface area contributed by atoms with E-state index in [1.54, 1.807) is 6.92 Å². The number of para-hydroxylation sites is 1. The number of fused-ring (bicyclic) bond motifs is 4. The summed E-state index contributed by atoms with van der Waals surface area (Å²) in [5.74, 6) is -1.74. The number of aliphatic hydroxyl groups excluding tert-OH is 1. The van der Waals surface area contributed by atoms with Gasteiger partial charge in [-0.1, -0.05) is 31.2 Å². The summed E-state index contributed by atoms with van der Waals surface area (Å²) >= 11 is 0. The second-order valence-electron chi connectivity index (χ2n) is 7.95. The lowest BCUT2D eigenvalue weighted by Crippen LogP contribution is -2.63. The minimum absolute atomic E-state index is 0.0290. The fourth-order valence-corrected chi connectivity index (χ4v) is 4.85. The Bertz CT molecular complexity index is 1220. The summed E-state index contributed by atoms with van der Waals surface area (Å²) in [6, 6.07) is 12.8. The van der Waals surface area contributed by atoms with Gasteiger partial charge >= 0.3 is 5.97 Å². The minimum Gasteiger partial charge on any atom is -0.488 e. The summed E-state index contributed by atoms with van der Waals surface area (Å²) in [4.78, 5) is 25.7. The predicted octanol–water partition coefficient (Wildman–Crippen LogP) is 3.16. The van der Waals surface area contributed by atoms with Gasteiger partial charge in [0.2, 0.25) is 5.91 Å². The SMILES string of the molecule is CC(O)C1C(=O)N2C(C(=O)O)=C(COc3cccc4oc5ccccc5c34)[C@H](C)C12. The van der Waals surface area contributed by atoms with Gasteiger partial charge in [0, 0.05) is 16.9 Å². The van der Waals surface area contributed by atoms with Crippen LogP contribution in [0, 0.1) is 11.8 Å². The molecule has 2 aliphatic heterocycles. The summed E-state index contributed by atoms with van der Waals surface area (Å²) in [7, 11) is 0. The molecule has 2 N–H and O–H groups in total. The highest BCUT2D eigenvalue weighted by atomic mass is 16.5. The summed E-state index contributed by atoms with van der Waals surface area (Å²) in [6.07, 6.45) is -0.831. The predicted molar refractivity (Wildman–Crippen MR) is 109 cm³/mol. The molecule has 1 amide bonds. The maximum Gasteiger partial charge on any atom is 0.352 e. The first-order valence-corrected chi connectivity index (χ1v) is 9.90. The number of carbonyl (C=O) groups is 2. The topological polar surface area (TPSA) is 100 Å². The zero-order valence-corrected chi connectivity index (χ0v) is 16.5. The zero-order chi connectivity index (χ0) is 21.2.